The Balaban J connectivity index is 1.55. The van der Waals surface area contributed by atoms with Crippen molar-refractivity contribution in [2.24, 2.45) is 0 Å². The van der Waals surface area contributed by atoms with Crippen LogP contribution in [0.2, 0.25) is 0 Å². The third-order valence-electron chi connectivity index (χ3n) is 4.09. The van der Waals surface area contributed by atoms with Gasteiger partial charge in [0.05, 0.1) is 11.1 Å². The summed E-state index contributed by atoms with van der Waals surface area (Å²) in [6, 6.07) is 7.49. The monoisotopic (exact) mass is 376 g/mol. The van der Waals surface area contributed by atoms with E-state index in [-0.39, 0.29) is 5.91 Å². The van der Waals surface area contributed by atoms with Crippen LogP contribution in [0.15, 0.2) is 59.7 Å². The van der Waals surface area contributed by atoms with E-state index in [9.17, 15) is 4.79 Å². The molecule has 0 saturated heterocycles. The number of rotatable bonds is 4. The molecule has 0 radical (unpaired) electrons. The van der Waals surface area contributed by atoms with E-state index in [1.165, 1.54) is 0 Å². The van der Waals surface area contributed by atoms with Crippen LogP contribution in [0.25, 0.3) is 21.2 Å². The summed E-state index contributed by atoms with van der Waals surface area (Å²) in [5, 5.41) is 2.82. The van der Waals surface area contributed by atoms with Gasteiger partial charge in [0.1, 0.15) is 12.1 Å². The summed E-state index contributed by atoms with van der Waals surface area (Å²) >= 11 is 1.60. The van der Waals surface area contributed by atoms with Crippen LogP contribution in [0.1, 0.15) is 21.5 Å². The Morgan fingerprint density at radius 2 is 1.96 bits per heavy atom. The van der Waals surface area contributed by atoms with Gasteiger partial charge in [-0.1, -0.05) is 0 Å². The molecular formula is C20H16N4O2S. The molecule has 0 aliphatic heterocycles. The average molecular weight is 376 g/mol. The van der Waals surface area contributed by atoms with Crippen LogP contribution in [0.4, 0.5) is 5.82 Å². The van der Waals surface area contributed by atoms with Crippen molar-refractivity contribution in [3.63, 3.8) is 0 Å². The second kappa shape index (κ2) is 7.13. The van der Waals surface area contributed by atoms with Crippen LogP contribution in [0, 0.1) is 13.8 Å². The van der Waals surface area contributed by atoms with E-state index >= 15 is 0 Å². The number of thiophene rings is 1. The number of amides is 1. The minimum absolute atomic E-state index is 0.200. The molecule has 4 heterocycles. The molecule has 0 saturated carbocycles. The molecule has 1 N–H and O–H groups in total. The molecule has 27 heavy (non-hydrogen) atoms. The molecule has 0 spiro atoms. The number of aryl methyl sites for hydroxylation is 2. The lowest BCUT2D eigenvalue weighted by Crippen LogP contribution is -2.14. The molecule has 0 fully saturated rings. The van der Waals surface area contributed by atoms with Crippen molar-refractivity contribution in [3.8, 4) is 21.2 Å². The summed E-state index contributed by atoms with van der Waals surface area (Å²) in [7, 11) is 0. The molecule has 4 aromatic rings. The first-order valence-electron chi connectivity index (χ1n) is 8.30. The number of nitrogens with one attached hydrogen (secondary N) is 1. The van der Waals surface area contributed by atoms with Gasteiger partial charge < -0.3 is 9.73 Å². The molecule has 0 atom stereocenters. The van der Waals surface area contributed by atoms with Crippen molar-refractivity contribution in [1.82, 2.24) is 15.0 Å². The fourth-order valence-corrected chi connectivity index (χ4v) is 3.84. The molecule has 7 heteroatoms. The highest BCUT2D eigenvalue weighted by Crippen LogP contribution is 2.37. The Hall–Kier alpha value is -3.32. The quantitative estimate of drug-likeness (QED) is 0.557. The zero-order valence-electron chi connectivity index (χ0n) is 14.8. The van der Waals surface area contributed by atoms with Crippen LogP contribution in [0.3, 0.4) is 0 Å². The number of hydrogen-bond donors (Lipinski definition) is 1. The smallest absolute Gasteiger partial charge is 0.257 e. The first kappa shape index (κ1) is 17.1. The largest absolute Gasteiger partial charge is 0.444 e. The molecule has 0 aromatic carbocycles. The summed E-state index contributed by atoms with van der Waals surface area (Å²) in [5.41, 5.74) is 3.51. The summed E-state index contributed by atoms with van der Waals surface area (Å²) < 4.78 is 5.37. The highest BCUT2D eigenvalue weighted by Gasteiger charge is 2.13. The van der Waals surface area contributed by atoms with E-state index in [0.717, 1.165) is 26.4 Å². The number of carbonyl (C=O) groups excluding carboxylic acids is 1. The number of oxazole rings is 1. The Labute approximate surface area is 160 Å². The zero-order valence-corrected chi connectivity index (χ0v) is 15.6. The third-order valence-corrected chi connectivity index (χ3v) is 5.37. The van der Waals surface area contributed by atoms with Crippen LogP contribution >= 0.6 is 11.3 Å². The molecule has 0 aliphatic carbocycles. The van der Waals surface area contributed by atoms with E-state index in [1.54, 1.807) is 54.5 Å². The summed E-state index contributed by atoms with van der Waals surface area (Å²) in [5.74, 6) is 0.912. The third kappa shape index (κ3) is 3.50. The van der Waals surface area contributed by atoms with Crippen molar-refractivity contribution in [3.05, 3.63) is 72.0 Å². The van der Waals surface area contributed by atoms with Crippen molar-refractivity contribution in [2.45, 2.75) is 13.8 Å². The van der Waals surface area contributed by atoms with Gasteiger partial charge in [-0.25, -0.2) is 9.97 Å². The van der Waals surface area contributed by atoms with Crippen LogP contribution < -0.4 is 5.32 Å². The van der Waals surface area contributed by atoms with Gasteiger partial charge in [0.15, 0.2) is 0 Å². The number of carbonyl (C=O) groups is 1. The van der Waals surface area contributed by atoms with E-state index in [4.69, 9.17) is 4.42 Å². The fraction of sp³-hybridized carbons (Fsp3) is 0.100. The lowest BCUT2D eigenvalue weighted by molar-refractivity contribution is 0.102. The van der Waals surface area contributed by atoms with E-state index in [1.807, 2.05) is 26.0 Å². The molecule has 1 amide bonds. The number of nitrogens with zero attached hydrogens (tertiary/aromatic N) is 3. The number of aromatic nitrogens is 3. The highest BCUT2D eigenvalue weighted by molar-refractivity contribution is 7.19. The van der Waals surface area contributed by atoms with E-state index in [0.29, 0.717) is 17.3 Å². The minimum atomic E-state index is -0.200. The van der Waals surface area contributed by atoms with Gasteiger partial charge in [-0.2, -0.15) is 0 Å². The SMILES string of the molecule is Cc1cnccc1C(=O)Nc1ccc(-c2sc(-c3ncco3)cc2C)cn1. The average Bonchev–Trinajstić information content (AvgIpc) is 3.32. The van der Waals surface area contributed by atoms with Gasteiger partial charge in [-0.05, 0) is 49.2 Å². The van der Waals surface area contributed by atoms with Crippen molar-refractivity contribution in [1.29, 1.82) is 0 Å². The Morgan fingerprint density at radius 1 is 1.07 bits per heavy atom. The molecule has 4 rings (SSSR count). The summed E-state index contributed by atoms with van der Waals surface area (Å²) in [6.07, 6.45) is 8.22. The molecule has 134 valence electrons. The number of hydrogen-bond acceptors (Lipinski definition) is 6. The highest BCUT2D eigenvalue weighted by atomic mass is 32.1. The molecular weight excluding hydrogens is 360 g/mol. The first-order valence-corrected chi connectivity index (χ1v) is 9.12. The number of anilines is 1. The number of pyridine rings is 2. The standard InChI is InChI=1S/C20H16N4O2S/c1-12-9-16(20-22-7-8-26-20)27-18(12)14-3-4-17(23-11-14)24-19(25)15-5-6-21-10-13(15)2/h3-11H,1-2H3,(H,23,24,25). The van der Waals surface area contributed by atoms with Crippen LogP contribution in [-0.2, 0) is 0 Å². The Kier molecular flexibility index (Phi) is 4.52. The van der Waals surface area contributed by atoms with Crippen molar-refractivity contribution < 1.29 is 9.21 Å². The molecule has 4 aromatic heterocycles. The molecule has 0 unspecified atom stereocenters. The van der Waals surface area contributed by atoms with Crippen molar-refractivity contribution in [2.75, 3.05) is 5.32 Å². The predicted molar refractivity (Wildman–Crippen MR) is 105 cm³/mol. The van der Waals surface area contributed by atoms with E-state index in [2.05, 4.69) is 20.3 Å². The topological polar surface area (TPSA) is 80.9 Å². The van der Waals surface area contributed by atoms with Gasteiger partial charge in [0.25, 0.3) is 5.91 Å². The fourth-order valence-electron chi connectivity index (χ4n) is 2.73. The normalized spacial score (nSPS) is 10.7. The lowest BCUT2D eigenvalue weighted by Gasteiger charge is -2.07. The van der Waals surface area contributed by atoms with Gasteiger partial charge in [-0.3, -0.25) is 9.78 Å². The van der Waals surface area contributed by atoms with Gasteiger partial charge in [0, 0.05) is 34.6 Å². The first-order chi connectivity index (χ1) is 13.1. The zero-order chi connectivity index (χ0) is 18.8. The summed E-state index contributed by atoms with van der Waals surface area (Å²) in [4.78, 5) is 27.0. The minimum Gasteiger partial charge on any atom is -0.444 e. The van der Waals surface area contributed by atoms with Gasteiger partial charge >= 0.3 is 0 Å². The lowest BCUT2D eigenvalue weighted by atomic mass is 10.1. The molecule has 0 aliphatic rings. The van der Waals surface area contributed by atoms with Crippen LogP contribution in [-0.4, -0.2) is 20.9 Å². The van der Waals surface area contributed by atoms with Gasteiger partial charge in [-0.15, -0.1) is 11.3 Å². The molecule has 0 bridgehead atoms. The van der Waals surface area contributed by atoms with Gasteiger partial charge in [0.2, 0.25) is 5.89 Å². The summed E-state index contributed by atoms with van der Waals surface area (Å²) in [6.45, 7) is 3.89. The second-order valence-corrected chi connectivity index (χ2v) is 7.09. The second-order valence-electron chi connectivity index (χ2n) is 6.04. The van der Waals surface area contributed by atoms with Crippen molar-refractivity contribution >= 4 is 23.1 Å². The maximum Gasteiger partial charge on any atom is 0.257 e. The Bertz CT molecular complexity index is 1090. The predicted octanol–water partition coefficient (Wildman–Crippen LogP) is 4.73. The maximum atomic E-state index is 12.4. The molecule has 6 nitrogen and oxygen atoms in total. The van der Waals surface area contributed by atoms with Crippen LogP contribution in [0.5, 0.6) is 0 Å². The Morgan fingerprint density at radius 3 is 2.67 bits per heavy atom. The van der Waals surface area contributed by atoms with E-state index < -0.39 is 0 Å². The maximum absolute atomic E-state index is 12.4.